The van der Waals surface area contributed by atoms with Crippen LogP contribution in [0.3, 0.4) is 0 Å². The summed E-state index contributed by atoms with van der Waals surface area (Å²) >= 11 is 0. The van der Waals surface area contributed by atoms with Crippen LogP contribution in [-0.2, 0) is 7.05 Å². The Hall–Kier alpha value is -2.34. The number of likely N-dealkylation sites (N-methyl/N-ethyl adjacent to an activating group) is 1. The first-order valence-corrected chi connectivity index (χ1v) is 8.62. The summed E-state index contributed by atoms with van der Waals surface area (Å²) in [6.07, 6.45) is 3.82. The number of carbonyl (C=O) groups is 1. The summed E-state index contributed by atoms with van der Waals surface area (Å²) < 4.78 is 1.77. The van der Waals surface area contributed by atoms with Crippen LogP contribution < -0.4 is 10.6 Å². The van der Waals surface area contributed by atoms with E-state index >= 15 is 0 Å². The maximum Gasteiger partial charge on any atom is 0.315 e. The quantitative estimate of drug-likeness (QED) is 0.812. The van der Waals surface area contributed by atoms with Crippen LogP contribution in [0.4, 0.5) is 4.79 Å². The molecule has 0 spiro atoms. The van der Waals surface area contributed by atoms with Gasteiger partial charge in [0.15, 0.2) is 0 Å². The fourth-order valence-corrected chi connectivity index (χ4v) is 2.89. The summed E-state index contributed by atoms with van der Waals surface area (Å²) in [5.41, 5.74) is 2.19. The average Bonchev–Trinajstić information content (AvgIpc) is 2.99. The minimum atomic E-state index is -0.154. The standard InChI is InChI=1S/C19H29N5O/c1-14(2)18(15-9-7-6-8-10-15)22-19(25)20-12-17(23(3)4)16-11-21-24(5)13-16/h6-11,13-14,17-18H,12H2,1-5H3,(H2,20,22,25)/t17-,18-/m1/s1. The molecule has 0 fully saturated rings. The Morgan fingerprint density at radius 2 is 1.88 bits per heavy atom. The molecule has 2 aromatic rings. The number of hydrogen-bond donors (Lipinski definition) is 2. The van der Waals surface area contributed by atoms with Crippen LogP contribution >= 0.6 is 0 Å². The molecule has 0 unspecified atom stereocenters. The summed E-state index contributed by atoms with van der Waals surface area (Å²) in [6.45, 7) is 4.73. The van der Waals surface area contributed by atoms with Crippen molar-refractivity contribution in [3.63, 3.8) is 0 Å². The van der Waals surface area contributed by atoms with Gasteiger partial charge in [0.1, 0.15) is 0 Å². The smallest absolute Gasteiger partial charge is 0.315 e. The Kier molecular flexibility index (Phi) is 6.58. The molecule has 0 aliphatic rings. The van der Waals surface area contributed by atoms with Gasteiger partial charge >= 0.3 is 6.03 Å². The molecule has 6 heteroatoms. The molecule has 136 valence electrons. The number of hydrogen-bond acceptors (Lipinski definition) is 3. The van der Waals surface area contributed by atoms with E-state index in [4.69, 9.17) is 0 Å². The van der Waals surface area contributed by atoms with Gasteiger partial charge in [0.2, 0.25) is 0 Å². The molecule has 1 aromatic heterocycles. The molecule has 0 saturated heterocycles. The van der Waals surface area contributed by atoms with Gasteiger partial charge in [0.05, 0.1) is 18.3 Å². The van der Waals surface area contributed by atoms with E-state index in [1.807, 2.05) is 63.9 Å². The molecule has 0 radical (unpaired) electrons. The Bertz CT molecular complexity index is 665. The normalized spacial score (nSPS) is 13.7. The molecular weight excluding hydrogens is 314 g/mol. The zero-order valence-electron chi connectivity index (χ0n) is 15.7. The van der Waals surface area contributed by atoms with E-state index < -0.39 is 0 Å². The Balaban J connectivity index is 1.98. The number of nitrogens with zero attached hydrogens (tertiary/aromatic N) is 3. The van der Waals surface area contributed by atoms with Crippen molar-refractivity contribution in [3.8, 4) is 0 Å². The number of benzene rings is 1. The Labute approximate surface area is 150 Å². The third kappa shape index (κ3) is 5.32. The fourth-order valence-electron chi connectivity index (χ4n) is 2.89. The third-order valence-corrected chi connectivity index (χ3v) is 4.30. The summed E-state index contributed by atoms with van der Waals surface area (Å²) in [4.78, 5) is 14.5. The second kappa shape index (κ2) is 8.67. The van der Waals surface area contributed by atoms with Gasteiger partial charge in [0, 0.05) is 25.4 Å². The van der Waals surface area contributed by atoms with Gasteiger partial charge in [0.25, 0.3) is 0 Å². The molecule has 25 heavy (non-hydrogen) atoms. The first kappa shape index (κ1) is 19.0. The van der Waals surface area contributed by atoms with Crippen molar-refractivity contribution in [2.75, 3.05) is 20.6 Å². The summed E-state index contributed by atoms with van der Waals surface area (Å²) in [6, 6.07) is 9.97. The minimum Gasteiger partial charge on any atom is -0.336 e. The highest BCUT2D eigenvalue weighted by Gasteiger charge is 2.20. The number of nitrogens with one attached hydrogen (secondary N) is 2. The summed E-state index contributed by atoms with van der Waals surface area (Å²) in [5, 5.41) is 10.3. The lowest BCUT2D eigenvalue weighted by atomic mass is 9.96. The molecule has 2 rings (SSSR count). The van der Waals surface area contributed by atoms with E-state index in [0.717, 1.165) is 11.1 Å². The van der Waals surface area contributed by atoms with Crippen molar-refractivity contribution < 1.29 is 4.79 Å². The van der Waals surface area contributed by atoms with Crippen LogP contribution in [0.1, 0.15) is 37.1 Å². The molecule has 0 aliphatic heterocycles. The van der Waals surface area contributed by atoms with E-state index in [-0.39, 0.29) is 18.1 Å². The molecule has 0 bridgehead atoms. The lowest BCUT2D eigenvalue weighted by molar-refractivity contribution is 0.225. The van der Waals surface area contributed by atoms with Gasteiger partial charge in [-0.15, -0.1) is 0 Å². The number of urea groups is 1. The summed E-state index contributed by atoms with van der Waals surface area (Å²) in [5.74, 6) is 0.302. The highest BCUT2D eigenvalue weighted by atomic mass is 16.2. The highest BCUT2D eigenvalue weighted by molar-refractivity contribution is 5.74. The SMILES string of the molecule is CC(C)[C@@H](NC(=O)NC[C@H](c1cnn(C)c1)N(C)C)c1ccccc1. The molecule has 2 amide bonds. The fraction of sp³-hybridized carbons (Fsp3) is 0.474. The molecule has 0 saturated carbocycles. The number of aromatic nitrogens is 2. The predicted molar refractivity (Wildman–Crippen MR) is 100 cm³/mol. The maximum atomic E-state index is 12.4. The lowest BCUT2D eigenvalue weighted by Crippen LogP contribution is -2.43. The van der Waals surface area contributed by atoms with Gasteiger partial charge < -0.3 is 15.5 Å². The van der Waals surface area contributed by atoms with Crippen LogP contribution in [0.15, 0.2) is 42.7 Å². The Morgan fingerprint density at radius 1 is 1.20 bits per heavy atom. The van der Waals surface area contributed by atoms with E-state index in [9.17, 15) is 4.79 Å². The van der Waals surface area contributed by atoms with Gasteiger partial charge in [-0.25, -0.2) is 4.79 Å². The number of rotatable bonds is 7. The predicted octanol–water partition coefficient (Wildman–Crippen LogP) is 2.72. The first-order valence-electron chi connectivity index (χ1n) is 8.62. The van der Waals surface area contributed by atoms with E-state index in [0.29, 0.717) is 12.5 Å². The van der Waals surface area contributed by atoms with Crippen molar-refractivity contribution in [2.24, 2.45) is 13.0 Å². The van der Waals surface area contributed by atoms with Crippen LogP contribution in [0, 0.1) is 5.92 Å². The zero-order valence-corrected chi connectivity index (χ0v) is 15.7. The molecule has 2 N–H and O–H groups in total. The van der Waals surface area contributed by atoms with Crippen LogP contribution in [0.2, 0.25) is 0 Å². The number of amides is 2. The van der Waals surface area contributed by atoms with E-state index in [1.165, 1.54) is 0 Å². The molecule has 0 aliphatic carbocycles. The minimum absolute atomic E-state index is 0.0163. The van der Waals surface area contributed by atoms with Gasteiger partial charge in [-0.3, -0.25) is 4.68 Å². The van der Waals surface area contributed by atoms with Crippen LogP contribution in [0.25, 0.3) is 0 Å². The molecule has 1 aromatic carbocycles. The van der Waals surface area contributed by atoms with Crippen molar-refractivity contribution in [1.82, 2.24) is 25.3 Å². The lowest BCUT2D eigenvalue weighted by Gasteiger charge is -2.26. The molecular formula is C19H29N5O. The Morgan fingerprint density at radius 3 is 2.40 bits per heavy atom. The second-order valence-electron chi connectivity index (χ2n) is 6.91. The first-order chi connectivity index (χ1) is 11.9. The number of aryl methyl sites for hydroxylation is 1. The van der Waals surface area contributed by atoms with Crippen LogP contribution in [-0.4, -0.2) is 41.4 Å². The molecule has 1 heterocycles. The van der Waals surface area contributed by atoms with Crippen molar-refractivity contribution in [1.29, 1.82) is 0 Å². The molecule has 6 nitrogen and oxygen atoms in total. The second-order valence-corrected chi connectivity index (χ2v) is 6.91. The van der Waals surface area contributed by atoms with Crippen molar-refractivity contribution in [2.45, 2.75) is 25.9 Å². The van der Waals surface area contributed by atoms with E-state index in [2.05, 4.69) is 34.5 Å². The topological polar surface area (TPSA) is 62.2 Å². The monoisotopic (exact) mass is 343 g/mol. The van der Waals surface area contributed by atoms with Crippen molar-refractivity contribution in [3.05, 3.63) is 53.9 Å². The highest BCUT2D eigenvalue weighted by Crippen LogP contribution is 2.21. The number of carbonyl (C=O) groups excluding carboxylic acids is 1. The van der Waals surface area contributed by atoms with Crippen LogP contribution in [0.5, 0.6) is 0 Å². The van der Waals surface area contributed by atoms with Gasteiger partial charge in [-0.2, -0.15) is 5.10 Å². The summed E-state index contributed by atoms with van der Waals surface area (Å²) in [7, 11) is 5.89. The van der Waals surface area contributed by atoms with E-state index in [1.54, 1.807) is 4.68 Å². The third-order valence-electron chi connectivity index (χ3n) is 4.30. The van der Waals surface area contributed by atoms with Gasteiger partial charge in [-0.05, 0) is 25.6 Å². The molecule has 2 atom stereocenters. The maximum absolute atomic E-state index is 12.4. The van der Waals surface area contributed by atoms with Crippen molar-refractivity contribution >= 4 is 6.03 Å². The zero-order chi connectivity index (χ0) is 18.4. The van der Waals surface area contributed by atoms with Gasteiger partial charge in [-0.1, -0.05) is 44.2 Å². The average molecular weight is 343 g/mol. The largest absolute Gasteiger partial charge is 0.336 e.